The molecule has 156 valence electrons. The minimum absolute atomic E-state index is 0.104. The topological polar surface area (TPSA) is 67.4 Å². The molecule has 0 spiro atoms. The second-order valence-electron chi connectivity index (χ2n) is 7.06. The first-order valence-electron chi connectivity index (χ1n) is 9.09. The molecule has 0 atom stereocenters. The molecule has 2 aromatic carbocycles. The Morgan fingerprint density at radius 2 is 1.66 bits per heavy atom. The van der Waals surface area contributed by atoms with E-state index in [4.69, 9.17) is 11.6 Å². The van der Waals surface area contributed by atoms with Gasteiger partial charge in [-0.25, -0.2) is 14.0 Å². The quantitative estimate of drug-likeness (QED) is 0.407. The van der Waals surface area contributed by atoms with E-state index in [-0.39, 0.29) is 22.3 Å². The van der Waals surface area contributed by atoms with E-state index in [1.165, 1.54) is 19.2 Å². The first kappa shape index (κ1) is 23.0. The van der Waals surface area contributed by atoms with Crippen LogP contribution >= 0.6 is 23.5 Å². The smallest absolute Gasteiger partial charge is 0.337 e. The molecule has 29 heavy (non-hydrogen) atoms. The minimum atomic E-state index is -0.583. The lowest BCUT2D eigenvalue weighted by molar-refractivity contribution is 0.0600. The Balaban J connectivity index is 2.21. The lowest BCUT2D eigenvalue weighted by Gasteiger charge is -2.21. The molecule has 0 radical (unpaired) electrons. The van der Waals surface area contributed by atoms with Gasteiger partial charge in [0.25, 0.3) is 0 Å². The summed E-state index contributed by atoms with van der Waals surface area (Å²) in [5, 5.41) is 3.47. The first-order chi connectivity index (χ1) is 13.6. The van der Waals surface area contributed by atoms with Crippen molar-refractivity contribution in [1.29, 1.82) is 0 Å². The van der Waals surface area contributed by atoms with Crippen LogP contribution in [0.1, 0.15) is 61.0 Å². The molecule has 2 rings (SSSR count). The molecule has 0 aliphatic carbocycles. The van der Waals surface area contributed by atoms with Crippen LogP contribution in [0.4, 0.5) is 14.9 Å². The van der Waals surface area contributed by atoms with Gasteiger partial charge in [0.2, 0.25) is 0 Å². The van der Waals surface area contributed by atoms with E-state index in [9.17, 15) is 14.0 Å². The molecule has 2 aromatic rings. The molecule has 0 aliphatic rings. The third-order valence-electron chi connectivity index (χ3n) is 4.25. The van der Waals surface area contributed by atoms with Gasteiger partial charge >= 0.3 is 12.0 Å². The molecule has 5 nitrogen and oxygen atoms in total. The van der Waals surface area contributed by atoms with Crippen molar-refractivity contribution in [2.45, 2.75) is 44.4 Å². The second-order valence-corrected chi connectivity index (χ2v) is 8.35. The fourth-order valence-electron chi connectivity index (χ4n) is 2.77. The molecule has 2 N–H and O–H groups in total. The van der Waals surface area contributed by atoms with Crippen LogP contribution < -0.4 is 10.0 Å². The molecular weight excluding hydrogens is 415 g/mol. The van der Waals surface area contributed by atoms with Gasteiger partial charge in [0.05, 0.1) is 17.6 Å². The SMILES string of the molecule is COC(=O)c1ccc(F)c(SNC(=O)Nc2c(C(C)C)cc(Cl)cc2C(C)C)c1. The van der Waals surface area contributed by atoms with E-state index < -0.39 is 17.8 Å². The monoisotopic (exact) mass is 438 g/mol. The van der Waals surface area contributed by atoms with Crippen molar-refractivity contribution in [3.63, 3.8) is 0 Å². The van der Waals surface area contributed by atoms with Gasteiger partial charge in [-0.3, -0.25) is 4.72 Å². The zero-order valence-corrected chi connectivity index (χ0v) is 18.5. The average molecular weight is 439 g/mol. The number of carbonyl (C=O) groups is 2. The van der Waals surface area contributed by atoms with Crippen molar-refractivity contribution < 1.29 is 18.7 Å². The van der Waals surface area contributed by atoms with Gasteiger partial charge in [-0.15, -0.1) is 0 Å². The molecule has 0 saturated carbocycles. The summed E-state index contributed by atoms with van der Waals surface area (Å²) >= 11 is 7.02. The summed E-state index contributed by atoms with van der Waals surface area (Å²) in [5.74, 6) is -0.854. The number of urea groups is 1. The molecule has 0 aromatic heterocycles. The predicted octanol–water partition coefficient (Wildman–Crippen LogP) is 6.34. The number of ether oxygens (including phenoxy) is 1. The van der Waals surface area contributed by atoms with Gasteiger partial charge in [0.1, 0.15) is 5.82 Å². The molecule has 0 aliphatic heterocycles. The van der Waals surface area contributed by atoms with Crippen LogP contribution in [0, 0.1) is 5.82 Å². The maximum absolute atomic E-state index is 14.0. The Bertz CT molecular complexity index is 890. The average Bonchev–Trinajstić information content (AvgIpc) is 2.67. The molecule has 0 saturated heterocycles. The highest BCUT2D eigenvalue weighted by molar-refractivity contribution is 7.98. The van der Waals surface area contributed by atoms with Gasteiger partial charge < -0.3 is 10.1 Å². The maximum Gasteiger partial charge on any atom is 0.337 e. The zero-order valence-electron chi connectivity index (χ0n) is 16.9. The van der Waals surface area contributed by atoms with E-state index >= 15 is 0 Å². The third-order valence-corrected chi connectivity index (χ3v) is 5.29. The number of esters is 1. The van der Waals surface area contributed by atoms with Gasteiger partial charge in [-0.05, 0) is 65.2 Å². The minimum Gasteiger partial charge on any atom is -0.465 e. The molecule has 0 heterocycles. The number of amides is 2. The summed E-state index contributed by atoms with van der Waals surface area (Å²) in [5.41, 5.74) is 2.72. The Morgan fingerprint density at radius 1 is 1.07 bits per heavy atom. The number of halogens is 2. The van der Waals surface area contributed by atoms with Crippen molar-refractivity contribution in [2.75, 3.05) is 12.4 Å². The fourth-order valence-corrected chi connectivity index (χ4v) is 3.61. The number of hydrogen-bond acceptors (Lipinski definition) is 4. The van der Waals surface area contributed by atoms with Crippen molar-refractivity contribution >= 4 is 41.2 Å². The highest BCUT2D eigenvalue weighted by Crippen LogP contribution is 2.35. The Kier molecular flexibility index (Phi) is 7.93. The second kappa shape index (κ2) is 9.98. The van der Waals surface area contributed by atoms with Crippen LogP contribution in [0.15, 0.2) is 35.2 Å². The highest BCUT2D eigenvalue weighted by Gasteiger charge is 2.18. The van der Waals surface area contributed by atoms with Crippen LogP contribution in [-0.4, -0.2) is 19.1 Å². The Morgan fingerprint density at radius 3 is 2.17 bits per heavy atom. The van der Waals surface area contributed by atoms with E-state index in [1.807, 2.05) is 39.8 Å². The van der Waals surface area contributed by atoms with E-state index in [2.05, 4.69) is 14.8 Å². The number of anilines is 1. The normalized spacial score (nSPS) is 10.9. The van der Waals surface area contributed by atoms with Crippen molar-refractivity contribution in [3.05, 3.63) is 57.9 Å². The van der Waals surface area contributed by atoms with E-state index in [1.54, 1.807) is 0 Å². The van der Waals surface area contributed by atoms with E-state index in [0.29, 0.717) is 10.7 Å². The van der Waals surface area contributed by atoms with Gasteiger partial charge in [-0.1, -0.05) is 39.3 Å². The number of benzene rings is 2. The zero-order chi connectivity index (χ0) is 21.7. The molecule has 2 amide bonds. The number of nitrogens with one attached hydrogen (secondary N) is 2. The van der Waals surface area contributed by atoms with Crippen molar-refractivity contribution in [2.24, 2.45) is 0 Å². The molecule has 8 heteroatoms. The number of methoxy groups -OCH3 is 1. The Labute approximate surface area is 179 Å². The molecule has 0 fully saturated rings. The first-order valence-corrected chi connectivity index (χ1v) is 10.3. The summed E-state index contributed by atoms with van der Waals surface area (Å²) in [6.07, 6.45) is 0. The van der Waals surface area contributed by atoms with Crippen LogP contribution in [-0.2, 0) is 4.74 Å². The third kappa shape index (κ3) is 5.87. The number of rotatable bonds is 6. The van der Waals surface area contributed by atoms with Gasteiger partial charge in [0.15, 0.2) is 0 Å². The largest absolute Gasteiger partial charge is 0.465 e. The summed E-state index contributed by atoms with van der Waals surface area (Å²) in [6, 6.07) is 6.96. The number of hydrogen-bond donors (Lipinski definition) is 2. The van der Waals surface area contributed by atoms with Gasteiger partial charge in [-0.2, -0.15) is 0 Å². The summed E-state index contributed by atoms with van der Waals surface area (Å²) in [6.45, 7) is 8.06. The lowest BCUT2D eigenvalue weighted by atomic mass is 9.92. The van der Waals surface area contributed by atoms with Crippen LogP contribution in [0.5, 0.6) is 0 Å². The number of carbonyl (C=O) groups excluding carboxylic acids is 2. The summed E-state index contributed by atoms with van der Waals surface area (Å²) in [7, 11) is 1.24. The summed E-state index contributed by atoms with van der Waals surface area (Å²) in [4.78, 5) is 24.2. The maximum atomic E-state index is 14.0. The highest BCUT2D eigenvalue weighted by atomic mass is 35.5. The van der Waals surface area contributed by atoms with E-state index in [0.717, 1.165) is 29.1 Å². The van der Waals surface area contributed by atoms with Gasteiger partial charge in [0, 0.05) is 10.7 Å². The lowest BCUT2D eigenvalue weighted by Crippen LogP contribution is -2.24. The predicted molar refractivity (Wildman–Crippen MR) is 115 cm³/mol. The van der Waals surface area contributed by atoms with Crippen LogP contribution in [0.2, 0.25) is 5.02 Å². The fraction of sp³-hybridized carbons (Fsp3) is 0.333. The van der Waals surface area contributed by atoms with Crippen LogP contribution in [0.25, 0.3) is 0 Å². The van der Waals surface area contributed by atoms with Crippen molar-refractivity contribution in [3.8, 4) is 0 Å². The molecule has 0 unspecified atom stereocenters. The van der Waals surface area contributed by atoms with Crippen LogP contribution in [0.3, 0.4) is 0 Å². The standard InChI is InChI=1S/C21H24ClFN2O3S/c1-11(2)15-9-14(22)10-16(12(3)4)19(15)24-21(27)25-29-18-8-13(20(26)28-5)6-7-17(18)23/h6-12H,1-5H3,(H2,24,25,27). The Hall–Kier alpha value is -2.25. The van der Waals surface area contributed by atoms with Crippen molar-refractivity contribution in [1.82, 2.24) is 4.72 Å². The summed E-state index contributed by atoms with van der Waals surface area (Å²) < 4.78 is 21.2. The molecule has 0 bridgehead atoms. The molecular formula is C21H24ClFN2O3S.